The summed E-state index contributed by atoms with van der Waals surface area (Å²) in [5.41, 5.74) is 2.07. The molecule has 1 N–H and O–H groups in total. The summed E-state index contributed by atoms with van der Waals surface area (Å²) >= 11 is 0. The summed E-state index contributed by atoms with van der Waals surface area (Å²) in [6.45, 7) is 10.9. The molecule has 1 aliphatic heterocycles. The first-order valence-corrected chi connectivity index (χ1v) is 7.40. The Labute approximate surface area is 116 Å². The van der Waals surface area contributed by atoms with E-state index in [0.717, 1.165) is 37.6 Å². The third kappa shape index (κ3) is 4.55. The predicted octanol–water partition coefficient (Wildman–Crippen LogP) is 2.00. The van der Waals surface area contributed by atoms with E-state index in [1.54, 1.807) is 0 Å². The average molecular weight is 262 g/mol. The minimum absolute atomic E-state index is 0.661. The Morgan fingerprint density at radius 2 is 2.21 bits per heavy atom. The van der Waals surface area contributed by atoms with E-state index >= 15 is 0 Å². The van der Waals surface area contributed by atoms with Crippen LogP contribution in [-0.2, 0) is 6.54 Å². The molecule has 4 heteroatoms. The van der Waals surface area contributed by atoms with E-state index in [4.69, 9.17) is 0 Å². The lowest BCUT2D eigenvalue weighted by atomic mass is 10.0. The van der Waals surface area contributed by atoms with Gasteiger partial charge in [0.2, 0.25) is 0 Å². The van der Waals surface area contributed by atoms with Crippen LogP contribution in [0.2, 0.25) is 0 Å². The Morgan fingerprint density at radius 3 is 2.89 bits per heavy atom. The van der Waals surface area contributed by atoms with Gasteiger partial charge in [-0.25, -0.2) is 0 Å². The molecule has 0 aliphatic carbocycles. The zero-order valence-corrected chi connectivity index (χ0v) is 12.4. The molecule has 19 heavy (non-hydrogen) atoms. The minimum atomic E-state index is 0.661. The molecule has 2 rings (SSSR count). The summed E-state index contributed by atoms with van der Waals surface area (Å²) in [5.74, 6) is 0.688. The van der Waals surface area contributed by atoms with Crippen LogP contribution in [0, 0.1) is 12.8 Å². The quantitative estimate of drug-likeness (QED) is 0.904. The fourth-order valence-electron chi connectivity index (χ4n) is 2.63. The fraction of sp³-hybridized carbons (Fsp3) is 0.733. The first-order chi connectivity index (χ1) is 9.17. The van der Waals surface area contributed by atoms with E-state index in [-0.39, 0.29) is 0 Å². The van der Waals surface area contributed by atoms with Crippen molar-refractivity contribution in [3.05, 3.63) is 23.8 Å². The Hall–Kier alpha value is -1.00. The van der Waals surface area contributed by atoms with Crippen molar-refractivity contribution in [2.45, 2.75) is 46.2 Å². The van der Waals surface area contributed by atoms with Gasteiger partial charge in [0, 0.05) is 38.1 Å². The summed E-state index contributed by atoms with van der Waals surface area (Å²) in [6.07, 6.45) is 6.21. The number of nitrogens with one attached hydrogen (secondary N) is 1. The number of hydrogen-bond donors (Lipinski definition) is 1. The highest BCUT2D eigenvalue weighted by molar-refractivity contribution is 5.00. The van der Waals surface area contributed by atoms with Crippen LogP contribution in [0.5, 0.6) is 0 Å². The SMILES string of the molecule is CCC1CCN(Cc2cnc(C)cn2)CC(C)CN1. The Kier molecular flexibility index (Phi) is 5.28. The van der Waals surface area contributed by atoms with Crippen LogP contribution in [0.15, 0.2) is 12.4 Å². The monoisotopic (exact) mass is 262 g/mol. The molecule has 4 nitrogen and oxygen atoms in total. The van der Waals surface area contributed by atoms with Gasteiger partial charge in [-0.3, -0.25) is 14.9 Å². The van der Waals surface area contributed by atoms with Crippen molar-refractivity contribution < 1.29 is 0 Å². The molecule has 1 aromatic heterocycles. The summed E-state index contributed by atoms with van der Waals surface area (Å²) in [7, 11) is 0. The standard InChI is InChI=1S/C15H26N4/c1-4-14-5-6-19(10-12(2)7-17-14)11-15-9-16-13(3)8-18-15/h8-9,12,14,17H,4-7,10-11H2,1-3H3. The molecule has 0 spiro atoms. The molecule has 1 aliphatic rings. The van der Waals surface area contributed by atoms with E-state index in [1.807, 2.05) is 19.3 Å². The van der Waals surface area contributed by atoms with Crippen LogP contribution in [0.4, 0.5) is 0 Å². The third-order valence-electron chi connectivity index (χ3n) is 3.83. The van der Waals surface area contributed by atoms with E-state index in [1.165, 1.54) is 12.8 Å². The highest BCUT2D eigenvalue weighted by Crippen LogP contribution is 2.11. The van der Waals surface area contributed by atoms with Crippen molar-refractivity contribution in [3.8, 4) is 0 Å². The average Bonchev–Trinajstić information content (AvgIpc) is 2.39. The molecule has 1 fully saturated rings. The molecule has 0 saturated carbocycles. The fourth-order valence-corrected chi connectivity index (χ4v) is 2.63. The van der Waals surface area contributed by atoms with E-state index < -0.39 is 0 Å². The van der Waals surface area contributed by atoms with Crippen molar-refractivity contribution in [1.82, 2.24) is 20.2 Å². The van der Waals surface area contributed by atoms with Crippen LogP contribution in [0.1, 0.15) is 38.1 Å². The summed E-state index contributed by atoms with van der Waals surface area (Å²) < 4.78 is 0. The molecule has 106 valence electrons. The van der Waals surface area contributed by atoms with Crippen molar-refractivity contribution >= 4 is 0 Å². The van der Waals surface area contributed by atoms with Crippen LogP contribution < -0.4 is 5.32 Å². The molecular formula is C15H26N4. The molecular weight excluding hydrogens is 236 g/mol. The number of aryl methyl sites for hydroxylation is 1. The highest BCUT2D eigenvalue weighted by atomic mass is 15.1. The smallest absolute Gasteiger partial charge is 0.0727 e. The molecule has 0 aromatic carbocycles. The maximum atomic E-state index is 4.47. The van der Waals surface area contributed by atoms with Crippen molar-refractivity contribution in [2.24, 2.45) is 5.92 Å². The normalized spacial score (nSPS) is 25.8. The number of nitrogens with zero attached hydrogens (tertiary/aromatic N) is 3. The Morgan fingerprint density at radius 1 is 1.37 bits per heavy atom. The molecule has 1 saturated heterocycles. The van der Waals surface area contributed by atoms with Gasteiger partial charge in [-0.15, -0.1) is 0 Å². The zero-order chi connectivity index (χ0) is 13.7. The van der Waals surface area contributed by atoms with Gasteiger partial charge < -0.3 is 5.32 Å². The van der Waals surface area contributed by atoms with Gasteiger partial charge in [-0.1, -0.05) is 13.8 Å². The molecule has 0 radical (unpaired) electrons. The molecule has 2 unspecified atom stereocenters. The van der Waals surface area contributed by atoms with Gasteiger partial charge in [-0.05, 0) is 32.2 Å². The maximum absolute atomic E-state index is 4.47. The summed E-state index contributed by atoms with van der Waals surface area (Å²) in [6, 6.07) is 0.661. The van der Waals surface area contributed by atoms with Gasteiger partial charge in [0.05, 0.1) is 11.4 Å². The summed E-state index contributed by atoms with van der Waals surface area (Å²) in [5, 5.41) is 3.66. The maximum Gasteiger partial charge on any atom is 0.0727 e. The van der Waals surface area contributed by atoms with Gasteiger partial charge in [-0.2, -0.15) is 0 Å². The number of aromatic nitrogens is 2. The molecule has 0 amide bonds. The lowest BCUT2D eigenvalue weighted by Crippen LogP contribution is -2.43. The Balaban J connectivity index is 1.95. The Bertz CT molecular complexity index is 376. The second kappa shape index (κ2) is 6.96. The largest absolute Gasteiger partial charge is 0.314 e. The first kappa shape index (κ1) is 14.4. The van der Waals surface area contributed by atoms with E-state index in [0.29, 0.717) is 12.0 Å². The zero-order valence-electron chi connectivity index (χ0n) is 12.4. The summed E-state index contributed by atoms with van der Waals surface area (Å²) in [4.78, 5) is 11.3. The topological polar surface area (TPSA) is 41.1 Å². The van der Waals surface area contributed by atoms with Crippen LogP contribution in [0.25, 0.3) is 0 Å². The van der Waals surface area contributed by atoms with Gasteiger partial charge >= 0.3 is 0 Å². The predicted molar refractivity (Wildman–Crippen MR) is 77.9 cm³/mol. The van der Waals surface area contributed by atoms with Crippen LogP contribution in [0.3, 0.4) is 0 Å². The van der Waals surface area contributed by atoms with E-state index in [2.05, 4.69) is 34.0 Å². The first-order valence-electron chi connectivity index (χ1n) is 7.40. The lowest BCUT2D eigenvalue weighted by molar-refractivity contribution is 0.188. The minimum Gasteiger partial charge on any atom is -0.314 e. The highest BCUT2D eigenvalue weighted by Gasteiger charge is 2.18. The van der Waals surface area contributed by atoms with Gasteiger partial charge in [0.25, 0.3) is 0 Å². The van der Waals surface area contributed by atoms with Crippen molar-refractivity contribution in [1.29, 1.82) is 0 Å². The number of hydrogen-bond acceptors (Lipinski definition) is 4. The second-order valence-corrected chi connectivity index (χ2v) is 5.79. The van der Waals surface area contributed by atoms with Crippen LogP contribution >= 0.6 is 0 Å². The molecule has 1 aromatic rings. The van der Waals surface area contributed by atoms with Crippen molar-refractivity contribution in [3.63, 3.8) is 0 Å². The lowest BCUT2D eigenvalue weighted by Gasteiger charge is -2.31. The number of rotatable bonds is 3. The van der Waals surface area contributed by atoms with E-state index in [9.17, 15) is 0 Å². The second-order valence-electron chi connectivity index (χ2n) is 5.79. The molecule has 0 bridgehead atoms. The van der Waals surface area contributed by atoms with Crippen molar-refractivity contribution in [2.75, 3.05) is 19.6 Å². The van der Waals surface area contributed by atoms with Crippen LogP contribution in [-0.4, -0.2) is 40.5 Å². The van der Waals surface area contributed by atoms with Gasteiger partial charge in [0.15, 0.2) is 0 Å². The van der Waals surface area contributed by atoms with Gasteiger partial charge in [0.1, 0.15) is 0 Å². The molecule has 2 atom stereocenters. The third-order valence-corrected chi connectivity index (χ3v) is 3.83. The molecule has 2 heterocycles.